The lowest BCUT2D eigenvalue weighted by atomic mass is 10.0. The van der Waals surface area contributed by atoms with Crippen molar-refractivity contribution in [2.75, 3.05) is 16.8 Å². The van der Waals surface area contributed by atoms with Crippen LogP contribution in [0.1, 0.15) is 0 Å². The standard InChI is InChI=1S/C13H13N7O3S2/c21-10-8(17-13-14-1-2-15-13)11-20(10)9(12(22)23)6(5-25-11)4-24-7-3-16-19-18-7/h1-3,8,11H,4-5H2,(H,22,23)(H2,14,15,17)(H,16,18,19)/t8?,11-/m1/s1. The minimum Gasteiger partial charge on any atom is -0.477 e. The number of hydrogen-bond acceptors (Lipinski definition) is 8. The first-order chi connectivity index (χ1) is 12.1. The van der Waals surface area contributed by atoms with E-state index >= 15 is 0 Å². The molecule has 0 aromatic carbocycles. The molecule has 1 fully saturated rings. The van der Waals surface area contributed by atoms with Crippen LogP contribution in [0.5, 0.6) is 0 Å². The van der Waals surface area contributed by atoms with Crippen molar-refractivity contribution in [3.05, 3.63) is 29.9 Å². The number of imidazole rings is 1. The molecule has 1 unspecified atom stereocenters. The third kappa shape index (κ3) is 2.87. The van der Waals surface area contributed by atoms with Gasteiger partial charge in [0.1, 0.15) is 22.1 Å². The van der Waals surface area contributed by atoms with E-state index in [4.69, 9.17) is 0 Å². The van der Waals surface area contributed by atoms with E-state index in [1.807, 2.05) is 0 Å². The van der Waals surface area contributed by atoms with Gasteiger partial charge in [-0.3, -0.25) is 9.69 Å². The van der Waals surface area contributed by atoms with Crippen LogP contribution in [-0.4, -0.2) is 70.2 Å². The maximum Gasteiger partial charge on any atom is 0.352 e. The van der Waals surface area contributed by atoms with Gasteiger partial charge in [0.25, 0.3) is 5.91 Å². The van der Waals surface area contributed by atoms with E-state index < -0.39 is 12.0 Å². The molecule has 4 rings (SSSR count). The summed E-state index contributed by atoms with van der Waals surface area (Å²) >= 11 is 2.92. The number of aromatic amines is 2. The lowest BCUT2D eigenvalue weighted by Crippen LogP contribution is -2.67. The molecule has 25 heavy (non-hydrogen) atoms. The van der Waals surface area contributed by atoms with Gasteiger partial charge in [-0.05, 0) is 5.57 Å². The van der Waals surface area contributed by atoms with Crippen LogP contribution in [0.2, 0.25) is 0 Å². The molecule has 12 heteroatoms. The highest BCUT2D eigenvalue weighted by Gasteiger charge is 2.53. The summed E-state index contributed by atoms with van der Waals surface area (Å²) in [6.07, 6.45) is 4.81. The number of carboxylic acid groups (broad SMARTS) is 1. The van der Waals surface area contributed by atoms with Crippen LogP contribution in [0, 0.1) is 0 Å². The lowest BCUT2D eigenvalue weighted by molar-refractivity contribution is -0.147. The quantitative estimate of drug-likeness (QED) is 0.413. The number of fused-ring (bicyclic) bond motifs is 1. The van der Waals surface area contributed by atoms with Crippen molar-refractivity contribution in [1.29, 1.82) is 0 Å². The van der Waals surface area contributed by atoms with E-state index in [9.17, 15) is 14.7 Å². The largest absolute Gasteiger partial charge is 0.477 e. The number of thioether (sulfide) groups is 2. The Bertz CT molecular complexity index is 821. The summed E-state index contributed by atoms with van der Waals surface area (Å²) in [5.74, 6) is 0.109. The number of amides is 1. The number of anilines is 1. The Kier molecular flexibility index (Phi) is 4.13. The summed E-state index contributed by atoms with van der Waals surface area (Å²) in [6, 6.07) is -0.491. The molecule has 1 saturated heterocycles. The number of hydrogen-bond donors (Lipinski definition) is 4. The van der Waals surface area contributed by atoms with E-state index in [0.29, 0.717) is 28.1 Å². The van der Waals surface area contributed by atoms with E-state index in [2.05, 4.69) is 30.7 Å². The average molecular weight is 379 g/mol. The fourth-order valence-corrected chi connectivity index (χ4v) is 4.98. The number of H-pyrrole nitrogens is 2. The summed E-state index contributed by atoms with van der Waals surface area (Å²) < 4.78 is 0. The van der Waals surface area contributed by atoms with Crippen molar-refractivity contribution < 1.29 is 14.7 Å². The fraction of sp³-hybridized carbons (Fsp3) is 0.308. The molecule has 1 amide bonds. The highest BCUT2D eigenvalue weighted by Crippen LogP contribution is 2.42. The van der Waals surface area contributed by atoms with Crippen LogP contribution in [0.25, 0.3) is 0 Å². The normalized spacial score (nSPS) is 22.6. The molecule has 0 radical (unpaired) electrons. The zero-order valence-corrected chi connectivity index (χ0v) is 14.3. The van der Waals surface area contributed by atoms with Gasteiger partial charge in [0.2, 0.25) is 5.95 Å². The number of carboxylic acids is 1. The fourth-order valence-electron chi connectivity index (χ4n) is 2.71. The SMILES string of the molecule is O=C(O)C1=C(CSc2cn[nH]n2)CS[C@@H]2C(Nc3ncc[nH]3)C(=O)N12. The van der Waals surface area contributed by atoms with Crippen molar-refractivity contribution in [1.82, 2.24) is 30.3 Å². The monoisotopic (exact) mass is 379 g/mol. The number of rotatable bonds is 6. The number of β-lactam (4-membered cyclic amide) rings is 1. The maximum absolute atomic E-state index is 12.5. The number of aromatic nitrogens is 5. The van der Waals surface area contributed by atoms with Gasteiger partial charge in [-0.25, -0.2) is 9.78 Å². The lowest BCUT2D eigenvalue weighted by Gasteiger charge is -2.49. The van der Waals surface area contributed by atoms with Crippen LogP contribution in [-0.2, 0) is 9.59 Å². The molecule has 2 aliphatic rings. The highest BCUT2D eigenvalue weighted by atomic mass is 32.2. The van der Waals surface area contributed by atoms with Crippen LogP contribution in [0.15, 0.2) is 34.9 Å². The van der Waals surface area contributed by atoms with E-state index in [1.54, 1.807) is 18.6 Å². The topological polar surface area (TPSA) is 140 Å². The zero-order chi connectivity index (χ0) is 17.4. The number of aliphatic carboxylic acids is 1. The van der Waals surface area contributed by atoms with Gasteiger partial charge < -0.3 is 15.4 Å². The first-order valence-electron chi connectivity index (χ1n) is 7.29. The minimum atomic E-state index is -1.09. The van der Waals surface area contributed by atoms with Gasteiger partial charge in [0.15, 0.2) is 0 Å². The third-order valence-corrected chi connectivity index (χ3v) is 6.15. The summed E-state index contributed by atoms with van der Waals surface area (Å²) in [7, 11) is 0. The third-order valence-electron chi connectivity index (χ3n) is 3.83. The summed E-state index contributed by atoms with van der Waals surface area (Å²) in [6.45, 7) is 0. The Hall–Kier alpha value is -2.47. The zero-order valence-electron chi connectivity index (χ0n) is 12.7. The Morgan fingerprint density at radius 2 is 2.44 bits per heavy atom. The highest BCUT2D eigenvalue weighted by molar-refractivity contribution is 8.01. The van der Waals surface area contributed by atoms with Crippen LogP contribution >= 0.6 is 23.5 Å². The Morgan fingerprint density at radius 1 is 1.56 bits per heavy atom. The molecule has 0 saturated carbocycles. The van der Waals surface area contributed by atoms with Gasteiger partial charge in [-0.15, -0.1) is 16.9 Å². The molecular formula is C13H13N7O3S2. The molecule has 4 heterocycles. The van der Waals surface area contributed by atoms with E-state index in [0.717, 1.165) is 0 Å². The molecule has 2 atom stereocenters. The van der Waals surface area contributed by atoms with Crippen molar-refractivity contribution in [2.45, 2.75) is 16.4 Å². The van der Waals surface area contributed by atoms with Crippen molar-refractivity contribution in [2.24, 2.45) is 0 Å². The second kappa shape index (κ2) is 6.44. The smallest absolute Gasteiger partial charge is 0.352 e. The minimum absolute atomic E-state index is 0.0715. The summed E-state index contributed by atoms with van der Waals surface area (Å²) in [5.41, 5.74) is 0.772. The molecule has 0 bridgehead atoms. The van der Waals surface area contributed by atoms with E-state index in [1.165, 1.54) is 28.4 Å². The second-order valence-corrected chi connectivity index (χ2v) is 7.42. The summed E-state index contributed by atoms with van der Waals surface area (Å²) in [5, 5.41) is 23.2. The molecular weight excluding hydrogens is 366 g/mol. The first kappa shape index (κ1) is 16.0. The van der Waals surface area contributed by atoms with Crippen molar-refractivity contribution in [3.8, 4) is 0 Å². The molecule has 2 aromatic heterocycles. The van der Waals surface area contributed by atoms with Gasteiger partial charge in [0, 0.05) is 23.9 Å². The molecule has 0 spiro atoms. The summed E-state index contributed by atoms with van der Waals surface area (Å²) in [4.78, 5) is 32.5. The molecule has 130 valence electrons. The Labute approximate surface area is 149 Å². The molecule has 10 nitrogen and oxygen atoms in total. The Balaban J connectivity index is 1.52. The number of nitrogens with zero attached hydrogens (tertiary/aromatic N) is 4. The predicted molar refractivity (Wildman–Crippen MR) is 90.9 cm³/mol. The first-order valence-corrected chi connectivity index (χ1v) is 9.33. The number of nitrogens with one attached hydrogen (secondary N) is 3. The van der Waals surface area contributed by atoms with Crippen LogP contribution < -0.4 is 5.32 Å². The van der Waals surface area contributed by atoms with Crippen molar-refractivity contribution >= 4 is 41.3 Å². The predicted octanol–water partition coefficient (Wildman–Crippen LogP) is 0.354. The molecule has 0 aliphatic carbocycles. The number of carbonyl (C=O) groups excluding carboxylic acids is 1. The molecule has 4 N–H and O–H groups in total. The maximum atomic E-state index is 12.5. The Morgan fingerprint density at radius 3 is 3.12 bits per heavy atom. The van der Waals surface area contributed by atoms with Crippen LogP contribution in [0.4, 0.5) is 5.95 Å². The van der Waals surface area contributed by atoms with Crippen LogP contribution in [0.3, 0.4) is 0 Å². The van der Waals surface area contributed by atoms with E-state index in [-0.39, 0.29) is 17.0 Å². The van der Waals surface area contributed by atoms with Gasteiger partial charge in [-0.1, -0.05) is 11.8 Å². The average Bonchev–Trinajstić information content (AvgIpc) is 3.30. The molecule has 2 aliphatic heterocycles. The van der Waals surface area contributed by atoms with Gasteiger partial charge in [-0.2, -0.15) is 10.3 Å². The molecule has 2 aromatic rings. The number of carbonyl (C=O) groups is 2. The van der Waals surface area contributed by atoms with Gasteiger partial charge >= 0.3 is 5.97 Å². The van der Waals surface area contributed by atoms with Gasteiger partial charge in [0.05, 0.1) is 6.20 Å². The van der Waals surface area contributed by atoms with Crippen molar-refractivity contribution in [3.63, 3.8) is 0 Å². The second-order valence-electron chi connectivity index (χ2n) is 5.32.